The summed E-state index contributed by atoms with van der Waals surface area (Å²) >= 11 is 1.46. The number of fused-ring (bicyclic) bond motifs is 1. The number of anilines is 1. The predicted octanol–water partition coefficient (Wildman–Crippen LogP) is 5.04. The molecule has 0 aliphatic rings. The largest absolute Gasteiger partial charge is 0.491 e. The number of thiophene rings is 1. The molecule has 2 heterocycles. The standard InChI is InChI=1S/C24H25N3O3S/c1-16-13-19(30-12-11-29-3)9-10-21(16)25-23(28)22-14-20-17(2)26-27(24(20)31-22)15-18-7-5-4-6-8-18/h4-10,13-14H,11-12,15H2,1-3H3,(H,25,28). The van der Waals surface area contributed by atoms with Gasteiger partial charge in [-0.25, -0.2) is 0 Å². The van der Waals surface area contributed by atoms with Gasteiger partial charge >= 0.3 is 0 Å². The van der Waals surface area contributed by atoms with Gasteiger partial charge in [0.1, 0.15) is 17.2 Å². The van der Waals surface area contributed by atoms with Crippen molar-refractivity contribution in [3.8, 4) is 5.75 Å². The number of aryl methyl sites for hydroxylation is 2. The Kier molecular flexibility index (Phi) is 6.34. The minimum atomic E-state index is -0.122. The van der Waals surface area contributed by atoms with Gasteiger partial charge in [0.25, 0.3) is 5.91 Å². The molecule has 4 aromatic rings. The van der Waals surface area contributed by atoms with Gasteiger partial charge < -0.3 is 14.8 Å². The van der Waals surface area contributed by atoms with E-state index >= 15 is 0 Å². The number of hydrogen-bond acceptors (Lipinski definition) is 5. The van der Waals surface area contributed by atoms with Crippen molar-refractivity contribution in [2.75, 3.05) is 25.6 Å². The van der Waals surface area contributed by atoms with Gasteiger partial charge in [-0.3, -0.25) is 9.48 Å². The van der Waals surface area contributed by atoms with E-state index in [1.54, 1.807) is 7.11 Å². The first-order chi connectivity index (χ1) is 15.0. The molecule has 1 amide bonds. The molecular formula is C24H25N3O3S. The van der Waals surface area contributed by atoms with E-state index in [2.05, 4.69) is 22.5 Å². The van der Waals surface area contributed by atoms with Crippen LogP contribution in [0.5, 0.6) is 5.75 Å². The van der Waals surface area contributed by atoms with Crippen LogP contribution in [0.1, 0.15) is 26.5 Å². The molecule has 0 bridgehead atoms. The number of nitrogens with zero attached hydrogens (tertiary/aromatic N) is 2. The van der Waals surface area contributed by atoms with Crippen LogP contribution in [0.4, 0.5) is 5.69 Å². The van der Waals surface area contributed by atoms with Crippen molar-refractivity contribution in [3.63, 3.8) is 0 Å². The molecule has 0 saturated carbocycles. The minimum Gasteiger partial charge on any atom is -0.491 e. The van der Waals surface area contributed by atoms with E-state index in [9.17, 15) is 4.79 Å². The third-order valence-corrected chi connectivity index (χ3v) is 6.16. The number of carbonyl (C=O) groups is 1. The number of methoxy groups -OCH3 is 1. The van der Waals surface area contributed by atoms with Crippen molar-refractivity contribution in [3.05, 3.63) is 76.3 Å². The predicted molar refractivity (Wildman–Crippen MR) is 124 cm³/mol. The molecule has 6 nitrogen and oxygen atoms in total. The van der Waals surface area contributed by atoms with Crippen LogP contribution in [0.15, 0.2) is 54.6 Å². The van der Waals surface area contributed by atoms with Gasteiger partial charge in [0.05, 0.1) is 23.7 Å². The number of amides is 1. The van der Waals surface area contributed by atoms with E-state index in [0.29, 0.717) is 24.6 Å². The number of hydrogen-bond donors (Lipinski definition) is 1. The Morgan fingerprint density at radius 1 is 1.10 bits per heavy atom. The van der Waals surface area contributed by atoms with Crippen molar-refractivity contribution in [1.82, 2.24) is 9.78 Å². The van der Waals surface area contributed by atoms with Crippen LogP contribution in [-0.2, 0) is 11.3 Å². The molecule has 4 rings (SSSR count). The number of aromatic nitrogens is 2. The molecule has 0 fully saturated rings. The normalized spacial score (nSPS) is 11.1. The first kappa shape index (κ1) is 21.1. The summed E-state index contributed by atoms with van der Waals surface area (Å²) in [7, 11) is 1.64. The Labute approximate surface area is 185 Å². The third-order valence-electron chi connectivity index (χ3n) is 5.01. The summed E-state index contributed by atoms with van der Waals surface area (Å²) < 4.78 is 12.6. The molecule has 0 atom stereocenters. The second-order valence-corrected chi connectivity index (χ2v) is 8.36. The topological polar surface area (TPSA) is 65.4 Å². The maximum absolute atomic E-state index is 12.9. The summed E-state index contributed by atoms with van der Waals surface area (Å²) in [5.41, 5.74) is 3.81. The Morgan fingerprint density at radius 3 is 2.65 bits per heavy atom. The Bertz CT molecular complexity index is 1200. The Balaban J connectivity index is 1.51. The average molecular weight is 436 g/mol. The highest BCUT2D eigenvalue weighted by molar-refractivity contribution is 7.20. The zero-order chi connectivity index (χ0) is 21.8. The summed E-state index contributed by atoms with van der Waals surface area (Å²) in [6.07, 6.45) is 0. The summed E-state index contributed by atoms with van der Waals surface area (Å²) in [5, 5.41) is 8.70. The van der Waals surface area contributed by atoms with E-state index in [0.717, 1.165) is 32.9 Å². The molecular weight excluding hydrogens is 410 g/mol. The number of benzene rings is 2. The van der Waals surface area contributed by atoms with Gasteiger partial charge in [-0.1, -0.05) is 30.3 Å². The molecule has 1 N–H and O–H groups in total. The molecule has 0 unspecified atom stereocenters. The van der Waals surface area contributed by atoms with Gasteiger partial charge in [0.15, 0.2) is 0 Å². The fourth-order valence-corrected chi connectivity index (χ4v) is 4.44. The monoisotopic (exact) mass is 435 g/mol. The molecule has 2 aromatic heterocycles. The first-order valence-electron chi connectivity index (χ1n) is 10.1. The van der Waals surface area contributed by atoms with E-state index in [-0.39, 0.29) is 5.91 Å². The summed E-state index contributed by atoms with van der Waals surface area (Å²) in [6, 6.07) is 17.8. The maximum Gasteiger partial charge on any atom is 0.265 e. The SMILES string of the molecule is COCCOc1ccc(NC(=O)c2cc3c(C)nn(Cc4ccccc4)c3s2)c(C)c1. The minimum absolute atomic E-state index is 0.122. The van der Waals surface area contributed by atoms with Gasteiger partial charge in [-0.2, -0.15) is 5.10 Å². The van der Waals surface area contributed by atoms with Crippen molar-refractivity contribution in [1.29, 1.82) is 0 Å². The lowest BCUT2D eigenvalue weighted by molar-refractivity contribution is 0.103. The van der Waals surface area contributed by atoms with Gasteiger partial charge in [0, 0.05) is 18.2 Å². The molecule has 0 aliphatic heterocycles. The Hall–Kier alpha value is -3.16. The zero-order valence-corrected chi connectivity index (χ0v) is 18.7. The van der Waals surface area contributed by atoms with Gasteiger partial charge in [0.2, 0.25) is 0 Å². The molecule has 2 aromatic carbocycles. The van der Waals surface area contributed by atoms with Crippen LogP contribution in [-0.4, -0.2) is 36.0 Å². The van der Waals surface area contributed by atoms with Crippen molar-refractivity contribution in [2.24, 2.45) is 0 Å². The zero-order valence-electron chi connectivity index (χ0n) is 17.8. The summed E-state index contributed by atoms with van der Waals surface area (Å²) in [4.78, 5) is 14.6. The van der Waals surface area contributed by atoms with Gasteiger partial charge in [-0.15, -0.1) is 11.3 Å². The molecule has 31 heavy (non-hydrogen) atoms. The molecule has 0 aliphatic carbocycles. The van der Waals surface area contributed by atoms with Crippen LogP contribution in [0.25, 0.3) is 10.2 Å². The second-order valence-electron chi connectivity index (χ2n) is 7.33. The van der Waals surface area contributed by atoms with Crippen LogP contribution in [0.2, 0.25) is 0 Å². The van der Waals surface area contributed by atoms with Gasteiger partial charge in [-0.05, 0) is 49.2 Å². The van der Waals surface area contributed by atoms with Crippen LogP contribution in [0, 0.1) is 13.8 Å². The van der Waals surface area contributed by atoms with Crippen LogP contribution in [0.3, 0.4) is 0 Å². The number of ether oxygens (including phenoxy) is 2. The number of nitrogens with one attached hydrogen (secondary N) is 1. The highest BCUT2D eigenvalue weighted by atomic mass is 32.1. The highest BCUT2D eigenvalue weighted by Crippen LogP contribution is 2.30. The van der Waals surface area contributed by atoms with Crippen molar-refractivity contribution < 1.29 is 14.3 Å². The fraction of sp³-hybridized carbons (Fsp3) is 0.250. The van der Waals surface area contributed by atoms with E-state index in [1.165, 1.54) is 16.9 Å². The lowest BCUT2D eigenvalue weighted by Crippen LogP contribution is -2.11. The molecule has 0 radical (unpaired) electrons. The molecule has 160 valence electrons. The lowest BCUT2D eigenvalue weighted by Gasteiger charge is -2.11. The first-order valence-corrected chi connectivity index (χ1v) is 10.9. The fourth-order valence-electron chi connectivity index (χ4n) is 3.38. The van der Waals surface area contributed by atoms with E-state index in [1.807, 2.05) is 61.0 Å². The number of carbonyl (C=O) groups excluding carboxylic acids is 1. The molecule has 0 saturated heterocycles. The van der Waals surface area contributed by atoms with E-state index < -0.39 is 0 Å². The van der Waals surface area contributed by atoms with Crippen molar-refractivity contribution >= 4 is 33.1 Å². The highest BCUT2D eigenvalue weighted by Gasteiger charge is 2.17. The third kappa shape index (κ3) is 4.78. The van der Waals surface area contributed by atoms with Crippen LogP contribution < -0.4 is 10.1 Å². The van der Waals surface area contributed by atoms with Crippen LogP contribution >= 0.6 is 11.3 Å². The summed E-state index contributed by atoms with van der Waals surface area (Å²) in [6.45, 7) is 5.63. The van der Waals surface area contributed by atoms with E-state index in [4.69, 9.17) is 9.47 Å². The maximum atomic E-state index is 12.9. The Morgan fingerprint density at radius 2 is 1.90 bits per heavy atom. The lowest BCUT2D eigenvalue weighted by atomic mass is 10.2. The average Bonchev–Trinajstić information content (AvgIpc) is 3.32. The number of rotatable bonds is 8. The quantitative estimate of drug-likeness (QED) is 0.394. The smallest absolute Gasteiger partial charge is 0.265 e. The molecule has 7 heteroatoms. The summed E-state index contributed by atoms with van der Waals surface area (Å²) in [5.74, 6) is 0.633. The second kappa shape index (κ2) is 9.32. The van der Waals surface area contributed by atoms with Crippen molar-refractivity contribution in [2.45, 2.75) is 20.4 Å². The molecule has 0 spiro atoms.